The Labute approximate surface area is 151 Å². The van der Waals surface area contributed by atoms with E-state index in [9.17, 15) is 4.39 Å². The van der Waals surface area contributed by atoms with Crippen molar-refractivity contribution in [1.82, 2.24) is 20.2 Å². The zero-order valence-electron chi connectivity index (χ0n) is 14.9. The van der Waals surface area contributed by atoms with Gasteiger partial charge in [0.25, 0.3) is 0 Å². The molecule has 2 heterocycles. The number of nitrogens with one attached hydrogen (secondary N) is 3. The number of H-pyrrole nitrogens is 1. The lowest BCUT2D eigenvalue weighted by Gasteiger charge is -2.16. The summed E-state index contributed by atoms with van der Waals surface area (Å²) in [6.45, 7) is 6.12. The molecule has 0 radical (unpaired) electrons. The fraction of sp³-hybridized carbons (Fsp3) is 0.278. The Hall–Kier alpha value is -3.16. The second kappa shape index (κ2) is 7.38. The van der Waals surface area contributed by atoms with Crippen molar-refractivity contribution in [1.29, 1.82) is 0 Å². The molecule has 1 atom stereocenters. The van der Waals surface area contributed by atoms with Crippen molar-refractivity contribution >= 4 is 23.4 Å². The third kappa shape index (κ3) is 4.27. The van der Waals surface area contributed by atoms with Gasteiger partial charge in [-0.15, -0.1) is 0 Å². The normalized spacial score (nSPS) is 12.2. The van der Waals surface area contributed by atoms with Crippen molar-refractivity contribution in [2.45, 2.75) is 32.7 Å². The molecule has 3 aromatic rings. The second-order valence-corrected chi connectivity index (χ2v) is 6.40. The molecule has 0 aliphatic heterocycles. The summed E-state index contributed by atoms with van der Waals surface area (Å²) in [6.07, 6.45) is 0. The third-order valence-electron chi connectivity index (χ3n) is 3.95. The van der Waals surface area contributed by atoms with Crippen molar-refractivity contribution in [2.75, 3.05) is 16.4 Å². The van der Waals surface area contributed by atoms with E-state index in [4.69, 9.17) is 5.73 Å². The van der Waals surface area contributed by atoms with E-state index in [0.717, 1.165) is 11.3 Å². The van der Waals surface area contributed by atoms with Crippen LogP contribution in [0.1, 0.15) is 44.0 Å². The van der Waals surface area contributed by atoms with Crippen LogP contribution < -0.4 is 16.4 Å². The Bertz CT molecular complexity index is 874. The van der Waals surface area contributed by atoms with Gasteiger partial charge in [0, 0.05) is 23.9 Å². The van der Waals surface area contributed by atoms with Gasteiger partial charge in [0.15, 0.2) is 5.82 Å². The summed E-state index contributed by atoms with van der Waals surface area (Å²) in [5, 5.41) is 13.6. The van der Waals surface area contributed by atoms with Crippen LogP contribution in [0.3, 0.4) is 0 Å². The van der Waals surface area contributed by atoms with Gasteiger partial charge in [0.2, 0.25) is 5.95 Å². The number of benzene rings is 1. The molecule has 1 aromatic carbocycles. The van der Waals surface area contributed by atoms with E-state index < -0.39 is 0 Å². The molecule has 0 saturated carbocycles. The molecule has 0 aliphatic rings. The molecule has 0 fully saturated rings. The van der Waals surface area contributed by atoms with Gasteiger partial charge >= 0.3 is 0 Å². The first-order valence-electron chi connectivity index (χ1n) is 8.39. The second-order valence-electron chi connectivity index (χ2n) is 6.40. The molecule has 8 heteroatoms. The van der Waals surface area contributed by atoms with Crippen LogP contribution in [0.15, 0.2) is 36.4 Å². The highest BCUT2D eigenvalue weighted by Crippen LogP contribution is 2.23. The molecule has 136 valence electrons. The summed E-state index contributed by atoms with van der Waals surface area (Å²) in [5.74, 6) is 1.98. The predicted molar refractivity (Wildman–Crippen MR) is 101 cm³/mol. The Kier molecular flexibility index (Phi) is 5.01. The summed E-state index contributed by atoms with van der Waals surface area (Å²) >= 11 is 0. The molecule has 0 spiro atoms. The van der Waals surface area contributed by atoms with Gasteiger partial charge in [-0.25, -0.2) is 4.39 Å². The molecule has 0 amide bonds. The Morgan fingerprint density at radius 1 is 1.00 bits per heavy atom. The van der Waals surface area contributed by atoms with E-state index in [1.165, 1.54) is 12.1 Å². The van der Waals surface area contributed by atoms with E-state index >= 15 is 0 Å². The van der Waals surface area contributed by atoms with E-state index in [-0.39, 0.29) is 17.8 Å². The lowest BCUT2D eigenvalue weighted by atomic mass is 10.1. The first-order valence-corrected chi connectivity index (χ1v) is 8.39. The van der Waals surface area contributed by atoms with Crippen LogP contribution in [-0.2, 0) is 0 Å². The molecule has 0 bridgehead atoms. The number of hydrogen-bond donors (Lipinski definition) is 4. The SMILES string of the molecule is CC(C)c1cc(Nc2cc(NC(C)c3ccc(F)cc3)nc(N)n2)n[nH]1. The number of rotatable bonds is 6. The standard InChI is InChI=1S/C18H22FN7/c1-10(2)14-8-17(26-25-14)22-16-9-15(23-18(20)24-16)21-11(3)12-4-6-13(19)7-5-12/h4-11H,1-3H3,(H5,20,21,22,23,24,25,26). The fourth-order valence-electron chi connectivity index (χ4n) is 2.49. The van der Waals surface area contributed by atoms with Crippen LogP contribution in [-0.4, -0.2) is 20.2 Å². The molecule has 7 nitrogen and oxygen atoms in total. The largest absolute Gasteiger partial charge is 0.368 e. The molecule has 0 aliphatic carbocycles. The van der Waals surface area contributed by atoms with Gasteiger partial charge < -0.3 is 16.4 Å². The molecular formula is C18H22FN7. The van der Waals surface area contributed by atoms with Crippen LogP contribution in [0, 0.1) is 5.82 Å². The minimum atomic E-state index is -0.265. The minimum Gasteiger partial charge on any atom is -0.368 e. The van der Waals surface area contributed by atoms with Crippen molar-refractivity contribution in [3.05, 3.63) is 53.5 Å². The highest BCUT2D eigenvalue weighted by atomic mass is 19.1. The maximum Gasteiger partial charge on any atom is 0.223 e. The van der Waals surface area contributed by atoms with Crippen molar-refractivity contribution in [3.63, 3.8) is 0 Å². The highest BCUT2D eigenvalue weighted by Gasteiger charge is 2.10. The van der Waals surface area contributed by atoms with Gasteiger partial charge in [-0.2, -0.15) is 15.1 Å². The van der Waals surface area contributed by atoms with Crippen LogP contribution in [0.25, 0.3) is 0 Å². The Morgan fingerprint density at radius 2 is 1.69 bits per heavy atom. The molecular weight excluding hydrogens is 333 g/mol. The first kappa shape index (κ1) is 17.7. The Balaban J connectivity index is 1.75. The fourth-order valence-corrected chi connectivity index (χ4v) is 2.49. The summed E-state index contributed by atoms with van der Waals surface area (Å²) in [7, 11) is 0. The average molecular weight is 355 g/mol. The maximum atomic E-state index is 13.1. The number of nitrogens with zero attached hydrogens (tertiary/aromatic N) is 3. The third-order valence-corrected chi connectivity index (χ3v) is 3.95. The molecule has 5 N–H and O–H groups in total. The zero-order chi connectivity index (χ0) is 18.7. The maximum absolute atomic E-state index is 13.1. The smallest absolute Gasteiger partial charge is 0.223 e. The number of halogens is 1. The van der Waals surface area contributed by atoms with E-state index in [2.05, 4.69) is 44.6 Å². The van der Waals surface area contributed by atoms with Crippen LogP contribution in [0.4, 0.5) is 27.8 Å². The Morgan fingerprint density at radius 3 is 2.35 bits per heavy atom. The zero-order valence-corrected chi connectivity index (χ0v) is 14.9. The van der Waals surface area contributed by atoms with Crippen molar-refractivity contribution in [3.8, 4) is 0 Å². The number of anilines is 4. The minimum absolute atomic E-state index is 0.0734. The summed E-state index contributed by atoms with van der Waals surface area (Å²) in [6, 6.07) is 9.92. The summed E-state index contributed by atoms with van der Waals surface area (Å²) in [5.41, 5.74) is 7.78. The van der Waals surface area contributed by atoms with E-state index in [0.29, 0.717) is 23.4 Å². The molecule has 26 heavy (non-hydrogen) atoms. The van der Waals surface area contributed by atoms with E-state index in [1.807, 2.05) is 13.0 Å². The van der Waals surface area contributed by atoms with Crippen molar-refractivity contribution in [2.24, 2.45) is 0 Å². The lowest BCUT2D eigenvalue weighted by molar-refractivity contribution is 0.626. The van der Waals surface area contributed by atoms with Crippen molar-refractivity contribution < 1.29 is 4.39 Å². The van der Waals surface area contributed by atoms with Crippen LogP contribution in [0.2, 0.25) is 0 Å². The topological polar surface area (TPSA) is 105 Å². The lowest BCUT2D eigenvalue weighted by Crippen LogP contribution is -2.10. The predicted octanol–water partition coefficient (Wildman–Crippen LogP) is 3.96. The van der Waals surface area contributed by atoms with Gasteiger partial charge in [-0.1, -0.05) is 26.0 Å². The van der Waals surface area contributed by atoms with Gasteiger partial charge in [0.05, 0.1) is 0 Å². The molecule has 3 rings (SSSR count). The molecule has 1 unspecified atom stereocenters. The number of nitrogens with two attached hydrogens (primary N) is 1. The summed E-state index contributed by atoms with van der Waals surface area (Å²) in [4.78, 5) is 8.39. The average Bonchev–Trinajstić information content (AvgIpc) is 3.03. The van der Waals surface area contributed by atoms with E-state index in [1.54, 1.807) is 18.2 Å². The quantitative estimate of drug-likeness (QED) is 0.533. The van der Waals surface area contributed by atoms with Gasteiger partial charge in [-0.05, 0) is 30.5 Å². The van der Waals surface area contributed by atoms with Crippen LogP contribution in [0.5, 0.6) is 0 Å². The number of nitrogen functional groups attached to an aromatic ring is 1. The summed E-state index contributed by atoms with van der Waals surface area (Å²) < 4.78 is 13.1. The van der Waals surface area contributed by atoms with Gasteiger partial charge in [-0.3, -0.25) is 5.10 Å². The first-order chi connectivity index (χ1) is 12.4. The monoisotopic (exact) mass is 355 g/mol. The molecule has 0 saturated heterocycles. The van der Waals surface area contributed by atoms with Gasteiger partial charge in [0.1, 0.15) is 17.5 Å². The molecule has 2 aromatic heterocycles. The number of hydrogen-bond acceptors (Lipinski definition) is 6. The number of aromatic nitrogens is 4. The highest BCUT2D eigenvalue weighted by molar-refractivity contribution is 5.58. The number of aromatic amines is 1. The van der Waals surface area contributed by atoms with Crippen LogP contribution >= 0.6 is 0 Å².